The van der Waals surface area contributed by atoms with Crippen LogP contribution in [0.4, 0.5) is 5.69 Å². The zero-order valence-electron chi connectivity index (χ0n) is 22.7. The smallest absolute Gasteiger partial charge is 0.336 e. The second-order valence-corrected chi connectivity index (χ2v) is 10.3. The molecule has 0 saturated carbocycles. The normalized spacial score (nSPS) is 13.4. The van der Waals surface area contributed by atoms with Crippen LogP contribution >= 0.6 is 0 Å². The van der Waals surface area contributed by atoms with Crippen LogP contribution in [0.2, 0.25) is 0 Å². The number of anilines is 1. The zero-order valence-corrected chi connectivity index (χ0v) is 22.7. The summed E-state index contributed by atoms with van der Waals surface area (Å²) >= 11 is 0. The van der Waals surface area contributed by atoms with Crippen LogP contribution in [0.1, 0.15) is 67.2 Å². The molecule has 1 amide bonds. The van der Waals surface area contributed by atoms with E-state index in [4.69, 9.17) is 4.98 Å². The molecule has 5 rings (SSSR count). The highest BCUT2D eigenvalue weighted by Gasteiger charge is 2.20. The molecule has 0 bridgehead atoms. The Bertz CT molecular complexity index is 1600. The van der Waals surface area contributed by atoms with Crippen molar-refractivity contribution in [2.45, 2.75) is 58.4 Å². The molecule has 7 heteroatoms. The van der Waals surface area contributed by atoms with Crippen LogP contribution in [-0.4, -0.2) is 32.8 Å². The average molecular weight is 536 g/mol. The molecular weight excluding hydrogens is 502 g/mol. The molecule has 0 fully saturated rings. The first-order valence-corrected chi connectivity index (χ1v) is 13.9. The molecule has 2 N–H and O–H groups in total. The number of aldehydes is 1. The number of benzene rings is 3. The van der Waals surface area contributed by atoms with Gasteiger partial charge in [0.1, 0.15) is 12.1 Å². The van der Waals surface area contributed by atoms with Crippen LogP contribution in [0.5, 0.6) is 0 Å². The van der Waals surface area contributed by atoms with E-state index < -0.39 is 5.97 Å². The number of carbonyl (C=O) groups is 3. The lowest BCUT2D eigenvalue weighted by atomic mass is 9.92. The molecule has 4 aromatic rings. The number of carbonyl (C=O) groups excluding carboxylic acids is 2. The number of hydrogen-bond acceptors (Lipinski definition) is 4. The molecule has 1 aliphatic carbocycles. The monoisotopic (exact) mass is 535 g/mol. The summed E-state index contributed by atoms with van der Waals surface area (Å²) in [7, 11) is 0. The van der Waals surface area contributed by atoms with Crippen LogP contribution in [0.3, 0.4) is 0 Å². The Morgan fingerprint density at radius 2 is 1.80 bits per heavy atom. The molecule has 7 nitrogen and oxygen atoms in total. The predicted octanol–water partition coefficient (Wildman–Crippen LogP) is 6.80. The van der Waals surface area contributed by atoms with Crippen molar-refractivity contribution in [2.24, 2.45) is 0 Å². The average Bonchev–Trinajstić information content (AvgIpc) is 3.32. The number of rotatable bonds is 10. The van der Waals surface area contributed by atoms with Crippen LogP contribution in [0.15, 0.2) is 77.9 Å². The highest BCUT2D eigenvalue weighted by atomic mass is 16.4. The van der Waals surface area contributed by atoms with Crippen molar-refractivity contribution in [1.82, 2.24) is 9.55 Å². The minimum absolute atomic E-state index is 0.212. The minimum Gasteiger partial charge on any atom is -0.478 e. The lowest BCUT2D eigenvalue weighted by Crippen LogP contribution is -2.18. The topological polar surface area (TPSA) is 101 Å². The Balaban J connectivity index is 1.45. The lowest BCUT2D eigenvalue weighted by Gasteiger charge is -2.16. The molecule has 1 heterocycles. The van der Waals surface area contributed by atoms with Gasteiger partial charge in [0.05, 0.1) is 16.6 Å². The van der Waals surface area contributed by atoms with E-state index in [1.54, 1.807) is 12.1 Å². The number of carboxylic acid groups (broad SMARTS) is 1. The molecular formula is C33H33N3O4. The number of nitrogens with one attached hydrogen (secondary N) is 1. The number of fused-ring (bicyclic) bond motifs is 1. The summed E-state index contributed by atoms with van der Waals surface area (Å²) in [4.78, 5) is 41.1. The van der Waals surface area contributed by atoms with E-state index in [9.17, 15) is 19.5 Å². The van der Waals surface area contributed by atoms with Gasteiger partial charge >= 0.3 is 5.97 Å². The molecule has 0 atom stereocenters. The Morgan fingerprint density at radius 3 is 2.55 bits per heavy atom. The molecule has 1 aromatic heterocycles. The van der Waals surface area contributed by atoms with Gasteiger partial charge in [-0.15, -0.1) is 0 Å². The van der Waals surface area contributed by atoms with Crippen LogP contribution in [0, 0.1) is 0 Å². The van der Waals surface area contributed by atoms with Gasteiger partial charge in [0.2, 0.25) is 0 Å². The summed E-state index contributed by atoms with van der Waals surface area (Å²) < 4.78 is 2.19. The Morgan fingerprint density at radius 1 is 1.02 bits per heavy atom. The number of aromatic nitrogens is 2. The second kappa shape index (κ2) is 12.1. The van der Waals surface area contributed by atoms with Crippen molar-refractivity contribution in [3.05, 3.63) is 94.8 Å². The van der Waals surface area contributed by atoms with Gasteiger partial charge < -0.3 is 15.0 Å². The van der Waals surface area contributed by atoms with Crippen molar-refractivity contribution in [3.63, 3.8) is 0 Å². The van der Waals surface area contributed by atoms with Gasteiger partial charge in [-0.25, -0.2) is 9.78 Å². The van der Waals surface area contributed by atoms with Crippen molar-refractivity contribution >= 4 is 34.9 Å². The molecule has 40 heavy (non-hydrogen) atoms. The first-order valence-electron chi connectivity index (χ1n) is 13.9. The molecule has 0 radical (unpaired) electrons. The fourth-order valence-electron chi connectivity index (χ4n) is 5.37. The SMILES string of the molecule is CCCCc1nc2ccc(NC(=O)C3=C(C=O)CCCC3)cc2n1Cc1ccc(-c2ccccc2C(=O)O)cc1. The van der Waals surface area contributed by atoms with E-state index in [0.717, 1.165) is 66.4 Å². The highest BCUT2D eigenvalue weighted by Crippen LogP contribution is 2.28. The van der Waals surface area contributed by atoms with Crippen LogP contribution in [-0.2, 0) is 22.6 Å². The molecule has 204 valence electrons. The lowest BCUT2D eigenvalue weighted by molar-refractivity contribution is -0.113. The van der Waals surface area contributed by atoms with Crippen molar-refractivity contribution < 1.29 is 19.5 Å². The molecule has 1 aliphatic rings. The molecule has 0 aliphatic heterocycles. The standard InChI is InChI=1S/C33H33N3O4/c1-2-3-12-31-35-29-18-17-25(34-32(38)27-10-5-4-8-24(27)21-37)19-30(29)36(31)20-22-13-15-23(16-14-22)26-9-6-7-11-28(26)33(39)40/h6-7,9,11,13-19,21H,2-5,8,10,12,20H2,1H3,(H,34,38)(H,39,40). The number of nitrogens with zero attached hydrogens (tertiary/aromatic N) is 2. The van der Waals surface area contributed by atoms with Gasteiger partial charge in [0, 0.05) is 29.8 Å². The fraction of sp³-hybridized carbons (Fsp3) is 0.273. The third-order valence-corrected chi connectivity index (χ3v) is 7.53. The predicted molar refractivity (Wildman–Crippen MR) is 156 cm³/mol. The van der Waals surface area contributed by atoms with E-state index in [2.05, 4.69) is 16.8 Å². The summed E-state index contributed by atoms with van der Waals surface area (Å²) in [6, 6.07) is 20.7. The third-order valence-electron chi connectivity index (χ3n) is 7.53. The number of carboxylic acids is 1. The van der Waals surface area contributed by atoms with Crippen LogP contribution < -0.4 is 5.32 Å². The number of allylic oxidation sites excluding steroid dienone is 1. The summed E-state index contributed by atoms with van der Waals surface area (Å²) in [5, 5.41) is 12.6. The number of aryl methyl sites for hydroxylation is 1. The largest absolute Gasteiger partial charge is 0.478 e. The first kappa shape index (κ1) is 27.1. The summed E-state index contributed by atoms with van der Waals surface area (Å²) in [5.74, 6) is -0.176. The van der Waals surface area contributed by atoms with Gasteiger partial charge in [-0.1, -0.05) is 55.8 Å². The minimum atomic E-state index is -0.949. The molecule has 0 spiro atoms. The van der Waals surface area contributed by atoms with E-state index in [0.29, 0.717) is 41.8 Å². The maximum atomic E-state index is 13.0. The second-order valence-electron chi connectivity index (χ2n) is 10.3. The Kier molecular flexibility index (Phi) is 8.20. The first-order chi connectivity index (χ1) is 19.5. The number of imidazole rings is 1. The van der Waals surface area contributed by atoms with Gasteiger partial charge in [0.15, 0.2) is 0 Å². The maximum Gasteiger partial charge on any atom is 0.336 e. The van der Waals surface area contributed by atoms with Crippen molar-refractivity contribution in [2.75, 3.05) is 5.32 Å². The number of aromatic carboxylic acids is 1. The fourth-order valence-corrected chi connectivity index (χ4v) is 5.37. The quantitative estimate of drug-likeness (QED) is 0.218. The van der Waals surface area contributed by atoms with Gasteiger partial charge in [0.25, 0.3) is 5.91 Å². The Hall–Kier alpha value is -4.52. The molecule has 0 unspecified atom stereocenters. The van der Waals surface area contributed by atoms with E-state index in [1.165, 1.54) is 0 Å². The van der Waals surface area contributed by atoms with E-state index in [-0.39, 0.29) is 11.5 Å². The van der Waals surface area contributed by atoms with Gasteiger partial charge in [-0.05, 0) is 73.1 Å². The van der Waals surface area contributed by atoms with Crippen LogP contribution in [0.25, 0.3) is 22.2 Å². The van der Waals surface area contributed by atoms with Crippen molar-refractivity contribution in [1.29, 1.82) is 0 Å². The summed E-state index contributed by atoms with van der Waals surface area (Å²) in [5.41, 5.74) is 6.52. The van der Waals surface area contributed by atoms with Gasteiger partial charge in [-0.2, -0.15) is 0 Å². The van der Waals surface area contributed by atoms with E-state index in [1.807, 2.05) is 54.6 Å². The summed E-state index contributed by atoms with van der Waals surface area (Å²) in [6.07, 6.45) is 6.84. The molecule has 0 saturated heterocycles. The summed E-state index contributed by atoms with van der Waals surface area (Å²) in [6.45, 7) is 2.75. The Labute approximate surface area is 233 Å². The third kappa shape index (κ3) is 5.73. The number of amides is 1. The highest BCUT2D eigenvalue weighted by molar-refractivity contribution is 6.07. The van der Waals surface area contributed by atoms with Gasteiger partial charge in [-0.3, -0.25) is 9.59 Å². The number of unbranched alkanes of at least 4 members (excludes halogenated alkanes) is 1. The number of hydrogen-bond donors (Lipinski definition) is 2. The maximum absolute atomic E-state index is 13.0. The van der Waals surface area contributed by atoms with Crippen molar-refractivity contribution in [3.8, 4) is 11.1 Å². The zero-order chi connectivity index (χ0) is 28.1. The molecule has 3 aromatic carbocycles. The van der Waals surface area contributed by atoms with E-state index >= 15 is 0 Å².